The zero-order chi connectivity index (χ0) is 28.1. The van der Waals surface area contributed by atoms with Gasteiger partial charge in [-0.25, -0.2) is 0 Å². The number of ether oxygens (including phenoxy) is 3. The van der Waals surface area contributed by atoms with Crippen LogP contribution in [0.4, 0.5) is 0 Å². The molecule has 1 aliphatic rings. The van der Waals surface area contributed by atoms with Gasteiger partial charge < -0.3 is 24.6 Å². The fourth-order valence-electron chi connectivity index (χ4n) is 4.41. The van der Waals surface area contributed by atoms with E-state index < -0.39 is 11.9 Å². The number of nitrogens with one attached hydrogen (secondary N) is 1. The van der Waals surface area contributed by atoms with Crippen molar-refractivity contribution in [2.45, 2.75) is 18.8 Å². The van der Waals surface area contributed by atoms with Gasteiger partial charge in [0.05, 0.1) is 17.5 Å². The Balaban J connectivity index is 1.18. The smallest absolute Gasteiger partial charge is 0.311 e. The van der Waals surface area contributed by atoms with Crippen LogP contribution in [0.3, 0.4) is 0 Å². The molecule has 1 amide bonds. The maximum atomic E-state index is 12.7. The van der Waals surface area contributed by atoms with Crippen LogP contribution in [-0.2, 0) is 11.2 Å². The van der Waals surface area contributed by atoms with Gasteiger partial charge in [0.2, 0.25) is 0 Å². The summed E-state index contributed by atoms with van der Waals surface area (Å²) in [6.07, 6.45) is 0.955. The number of para-hydroxylation sites is 1. The molecule has 204 valence electrons. The van der Waals surface area contributed by atoms with Crippen LogP contribution in [0.5, 0.6) is 28.7 Å². The van der Waals surface area contributed by atoms with Gasteiger partial charge in [0, 0.05) is 28.8 Å². The first-order valence-electron chi connectivity index (χ1n) is 12.6. The first-order chi connectivity index (χ1) is 19.4. The van der Waals surface area contributed by atoms with Gasteiger partial charge in [-0.05, 0) is 73.0 Å². The zero-order valence-corrected chi connectivity index (χ0v) is 22.7. The molecule has 0 radical (unpaired) electrons. The van der Waals surface area contributed by atoms with Crippen molar-refractivity contribution in [3.63, 3.8) is 0 Å². The number of hydrogen-bond acceptors (Lipinski definition) is 5. The van der Waals surface area contributed by atoms with Crippen LogP contribution in [0.1, 0.15) is 33.8 Å². The molecule has 9 heteroatoms. The van der Waals surface area contributed by atoms with E-state index in [1.165, 1.54) is 0 Å². The number of amides is 1. The lowest BCUT2D eigenvalue weighted by Gasteiger charge is -2.24. The lowest BCUT2D eigenvalue weighted by atomic mass is 9.93. The zero-order valence-electron chi connectivity index (χ0n) is 21.2. The van der Waals surface area contributed by atoms with E-state index in [9.17, 15) is 14.7 Å². The number of rotatable bonds is 9. The van der Waals surface area contributed by atoms with Gasteiger partial charge in [0.15, 0.2) is 0 Å². The van der Waals surface area contributed by atoms with E-state index in [0.29, 0.717) is 70.9 Å². The molecule has 0 saturated carbocycles. The van der Waals surface area contributed by atoms with Crippen molar-refractivity contribution in [1.29, 1.82) is 0 Å². The molecule has 0 saturated heterocycles. The number of aliphatic carboxylic acids is 1. The summed E-state index contributed by atoms with van der Waals surface area (Å²) in [6, 6.07) is 24.6. The van der Waals surface area contributed by atoms with E-state index in [2.05, 4.69) is 5.32 Å². The highest BCUT2D eigenvalue weighted by molar-refractivity contribution is 6.32. The van der Waals surface area contributed by atoms with Crippen LogP contribution < -0.4 is 19.5 Å². The molecule has 0 fully saturated rings. The average Bonchev–Trinajstić information content (AvgIpc) is 2.94. The van der Waals surface area contributed by atoms with Gasteiger partial charge in [-0.2, -0.15) is 0 Å². The van der Waals surface area contributed by atoms with Gasteiger partial charge in [0.25, 0.3) is 5.91 Å². The average molecular weight is 578 g/mol. The summed E-state index contributed by atoms with van der Waals surface area (Å²) in [5.41, 5.74) is 1.95. The van der Waals surface area contributed by atoms with Crippen molar-refractivity contribution < 1.29 is 28.9 Å². The maximum Gasteiger partial charge on any atom is 0.311 e. The second kappa shape index (κ2) is 12.3. The Hall–Kier alpha value is -4.20. The third-order valence-corrected chi connectivity index (χ3v) is 6.95. The number of hydrogen-bond donors (Lipinski definition) is 2. The molecule has 1 aliphatic heterocycles. The predicted octanol–water partition coefficient (Wildman–Crippen LogP) is 7.50. The van der Waals surface area contributed by atoms with E-state index in [0.717, 1.165) is 5.56 Å². The van der Waals surface area contributed by atoms with Crippen LogP contribution in [-0.4, -0.2) is 30.1 Å². The van der Waals surface area contributed by atoms with Crippen molar-refractivity contribution in [3.8, 4) is 28.7 Å². The fraction of sp³-hybridized carbons (Fsp3) is 0.161. The van der Waals surface area contributed by atoms with Gasteiger partial charge in [-0.15, -0.1) is 0 Å². The predicted molar refractivity (Wildman–Crippen MR) is 152 cm³/mol. The molecule has 40 heavy (non-hydrogen) atoms. The van der Waals surface area contributed by atoms with E-state index in [1.807, 2.05) is 36.4 Å². The molecule has 7 nitrogen and oxygen atoms in total. The molecule has 5 rings (SSSR count). The Kier molecular flexibility index (Phi) is 8.43. The highest BCUT2D eigenvalue weighted by Crippen LogP contribution is 2.41. The van der Waals surface area contributed by atoms with Crippen molar-refractivity contribution >= 4 is 35.1 Å². The molecule has 0 aromatic heterocycles. The maximum absolute atomic E-state index is 12.7. The summed E-state index contributed by atoms with van der Waals surface area (Å²) in [4.78, 5) is 24.3. The Morgan fingerprint density at radius 3 is 2.45 bits per heavy atom. The summed E-state index contributed by atoms with van der Waals surface area (Å²) >= 11 is 12.4. The van der Waals surface area contributed by atoms with Crippen molar-refractivity contribution in [3.05, 3.63) is 112 Å². The summed E-state index contributed by atoms with van der Waals surface area (Å²) in [5, 5.41) is 13.3. The molecule has 1 unspecified atom stereocenters. The minimum Gasteiger partial charge on any atom is -0.493 e. The fourth-order valence-corrected chi connectivity index (χ4v) is 4.80. The monoisotopic (exact) mass is 577 g/mol. The quantitative estimate of drug-likeness (QED) is 0.214. The standard InChI is InChI=1S/C31H25Cl2NO6/c32-21-5-3-6-23(16-21)40-27-7-2-1-4-19(27)12-14-34-30(35)20-8-10-22(11-9-20)39-29-18-28-25(17-26(29)33)24(31(36)37)13-15-38-28/h1-11,16-18,24H,12-15H2,(H,34,35)(H,36,37). The third-order valence-electron chi connectivity index (χ3n) is 6.42. The SMILES string of the molecule is O=C(NCCc1ccccc1Oc1cccc(Cl)c1)c1ccc(Oc2cc3c(cc2Cl)C(C(=O)O)CCO3)cc1. The molecule has 4 aromatic rings. The normalized spacial score (nSPS) is 14.0. The van der Waals surface area contributed by atoms with Crippen molar-refractivity contribution in [2.24, 2.45) is 0 Å². The molecule has 2 N–H and O–H groups in total. The lowest BCUT2D eigenvalue weighted by molar-refractivity contribution is -0.139. The van der Waals surface area contributed by atoms with Crippen LogP contribution in [0.2, 0.25) is 10.0 Å². The molecule has 1 heterocycles. The van der Waals surface area contributed by atoms with Crippen LogP contribution in [0, 0.1) is 0 Å². The van der Waals surface area contributed by atoms with Crippen molar-refractivity contribution in [1.82, 2.24) is 5.32 Å². The van der Waals surface area contributed by atoms with Gasteiger partial charge in [-0.3, -0.25) is 9.59 Å². The topological polar surface area (TPSA) is 94.1 Å². The van der Waals surface area contributed by atoms with Crippen LogP contribution in [0.25, 0.3) is 0 Å². The Bertz CT molecular complexity index is 1540. The number of carbonyl (C=O) groups excluding carboxylic acids is 1. The number of halogens is 2. The summed E-state index contributed by atoms with van der Waals surface area (Å²) < 4.78 is 17.5. The third kappa shape index (κ3) is 6.50. The first kappa shape index (κ1) is 27.4. The number of fused-ring (bicyclic) bond motifs is 1. The summed E-state index contributed by atoms with van der Waals surface area (Å²) in [7, 11) is 0. The summed E-state index contributed by atoms with van der Waals surface area (Å²) in [6.45, 7) is 0.713. The minimum atomic E-state index is -0.918. The highest BCUT2D eigenvalue weighted by Gasteiger charge is 2.29. The number of carbonyl (C=O) groups is 2. The molecular weight excluding hydrogens is 553 g/mol. The first-order valence-corrected chi connectivity index (χ1v) is 13.4. The van der Waals surface area contributed by atoms with Crippen LogP contribution in [0.15, 0.2) is 84.9 Å². The lowest BCUT2D eigenvalue weighted by Crippen LogP contribution is -2.25. The molecular formula is C31H25Cl2NO6. The highest BCUT2D eigenvalue weighted by atomic mass is 35.5. The molecule has 0 spiro atoms. The molecule has 1 atom stereocenters. The Morgan fingerprint density at radius 2 is 1.68 bits per heavy atom. The largest absolute Gasteiger partial charge is 0.493 e. The number of carboxylic acids is 1. The van der Waals surface area contributed by atoms with Gasteiger partial charge in [-0.1, -0.05) is 47.5 Å². The second-order valence-corrected chi connectivity index (χ2v) is 9.99. The number of benzene rings is 4. The Labute approximate surface area is 241 Å². The molecule has 0 bridgehead atoms. The Morgan fingerprint density at radius 1 is 0.900 bits per heavy atom. The van der Waals surface area contributed by atoms with Crippen molar-refractivity contribution in [2.75, 3.05) is 13.2 Å². The molecule has 4 aromatic carbocycles. The van der Waals surface area contributed by atoms with Crippen LogP contribution >= 0.6 is 23.2 Å². The van der Waals surface area contributed by atoms with E-state index >= 15 is 0 Å². The number of carboxylic acid groups (broad SMARTS) is 1. The van der Waals surface area contributed by atoms with E-state index in [-0.39, 0.29) is 10.9 Å². The van der Waals surface area contributed by atoms with E-state index in [1.54, 1.807) is 48.5 Å². The molecule has 0 aliphatic carbocycles. The minimum absolute atomic E-state index is 0.222. The van der Waals surface area contributed by atoms with Gasteiger partial charge in [0.1, 0.15) is 28.7 Å². The second-order valence-electron chi connectivity index (χ2n) is 9.15. The van der Waals surface area contributed by atoms with Gasteiger partial charge >= 0.3 is 5.97 Å². The van der Waals surface area contributed by atoms with E-state index in [4.69, 9.17) is 37.4 Å². The summed E-state index contributed by atoms with van der Waals surface area (Å²) in [5.74, 6) is 0.771.